The van der Waals surface area contributed by atoms with Gasteiger partial charge >= 0.3 is 0 Å². The van der Waals surface area contributed by atoms with Crippen LogP contribution in [0.2, 0.25) is 0 Å². The van der Waals surface area contributed by atoms with E-state index in [1.165, 1.54) is 11.1 Å². The van der Waals surface area contributed by atoms with Crippen molar-refractivity contribution < 1.29 is 9.59 Å². The zero-order valence-electron chi connectivity index (χ0n) is 16.5. The summed E-state index contributed by atoms with van der Waals surface area (Å²) in [6, 6.07) is 14.9. The van der Waals surface area contributed by atoms with Gasteiger partial charge in [0.1, 0.15) is 0 Å². The van der Waals surface area contributed by atoms with Gasteiger partial charge in [0.25, 0.3) is 11.8 Å². The van der Waals surface area contributed by atoms with Crippen LogP contribution in [0, 0.1) is 0 Å². The molecule has 0 aliphatic carbocycles. The van der Waals surface area contributed by atoms with Gasteiger partial charge in [-0.3, -0.25) is 9.59 Å². The fourth-order valence-electron chi connectivity index (χ4n) is 3.71. The van der Waals surface area contributed by atoms with Crippen LogP contribution in [-0.2, 0) is 6.54 Å². The van der Waals surface area contributed by atoms with Gasteiger partial charge in [0, 0.05) is 13.1 Å². The second-order valence-corrected chi connectivity index (χ2v) is 7.21. The fraction of sp³-hybridized carbons (Fsp3) is 0.286. The number of benzene rings is 2. The Hall–Kier alpha value is -3.75. The molecule has 1 aliphatic heterocycles. The highest BCUT2D eigenvalue weighted by atomic mass is 16.2. The summed E-state index contributed by atoms with van der Waals surface area (Å²) < 4.78 is 1.42. The summed E-state index contributed by atoms with van der Waals surface area (Å²) in [4.78, 5) is 27.3. The fourth-order valence-corrected chi connectivity index (χ4v) is 3.71. The lowest BCUT2D eigenvalue weighted by Gasteiger charge is -2.30. The van der Waals surface area contributed by atoms with Gasteiger partial charge in [0.15, 0.2) is 0 Å². The van der Waals surface area contributed by atoms with Gasteiger partial charge in [-0.15, -0.1) is 5.10 Å². The highest BCUT2D eigenvalue weighted by Gasteiger charge is 2.23. The minimum Gasteiger partial charge on any atom is -0.371 e. The number of hydrogen-bond acceptors (Lipinski definition) is 6. The average Bonchev–Trinajstić information content (AvgIpc) is 3.23. The number of hydrogen-bond donors (Lipinski definition) is 2. The molecule has 2 amide bonds. The maximum atomic E-state index is 12.9. The zero-order valence-corrected chi connectivity index (χ0v) is 16.5. The number of nitrogens with one attached hydrogen (secondary N) is 1. The lowest BCUT2D eigenvalue weighted by atomic mass is 10.0. The van der Waals surface area contributed by atoms with E-state index in [9.17, 15) is 9.59 Å². The molecule has 2 heterocycles. The van der Waals surface area contributed by atoms with E-state index in [-0.39, 0.29) is 5.82 Å². The number of carbonyl (C=O) groups excluding carboxylic acids is 2. The normalized spacial score (nSPS) is 13.8. The predicted octanol–water partition coefficient (Wildman–Crippen LogP) is 2.06. The molecule has 9 nitrogen and oxygen atoms in total. The third kappa shape index (κ3) is 4.14. The highest BCUT2D eigenvalue weighted by molar-refractivity contribution is 6.10. The Morgan fingerprint density at radius 1 is 1.00 bits per heavy atom. The molecule has 0 unspecified atom stereocenters. The van der Waals surface area contributed by atoms with Crippen molar-refractivity contribution in [3.8, 4) is 0 Å². The van der Waals surface area contributed by atoms with Crippen LogP contribution < -0.4 is 16.0 Å². The summed E-state index contributed by atoms with van der Waals surface area (Å²) >= 11 is 0. The highest BCUT2D eigenvalue weighted by Crippen LogP contribution is 2.29. The van der Waals surface area contributed by atoms with Crippen LogP contribution in [0.1, 0.15) is 45.8 Å². The number of nitrogens with zero attached hydrogens (tertiary/aromatic N) is 5. The SMILES string of the molecule is NC(=O)c1c(NC(=O)c2nnnn2Cc2ccccc2)cccc1N1CCCCC1. The lowest BCUT2D eigenvalue weighted by molar-refractivity contribution is 0.100. The number of tetrazole rings is 1. The summed E-state index contributed by atoms with van der Waals surface area (Å²) in [5.41, 5.74) is 8.04. The number of primary amides is 1. The Morgan fingerprint density at radius 3 is 2.50 bits per heavy atom. The number of aromatic nitrogens is 4. The number of anilines is 2. The summed E-state index contributed by atoms with van der Waals surface area (Å²) in [5.74, 6) is -1.04. The Morgan fingerprint density at radius 2 is 1.77 bits per heavy atom. The lowest BCUT2D eigenvalue weighted by Crippen LogP contribution is -2.32. The average molecular weight is 405 g/mol. The molecule has 4 rings (SSSR count). The largest absolute Gasteiger partial charge is 0.371 e. The molecule has 0 spiro atoms. The van der Waals surface area contributed by atoms with Crippen molar-refractivity contribution in [3.63, 3.8) is 0 Å². The van der Waals surface area contributed by atoms with Crippen LogP contribution in [0.4, 0.5) is 11.4 Å². The van der Waals surface area contributed by atoms with E-state index >= 15 is 0 Å². The van der Waals surface area contributed by atoms with E-state index in [0.29, 0.717) is 17.8 Å². The first kappa shape index (κ1) is 19.6. The summed E-state index contributed by atoms with van der Waals surface area (Å²) in [7, 11) is 0. The zero-order chi connectivity index (χ0) is 20.9. The van der Waals surface area contributed by atoms with E-state index in [1.807, 2.05) is 36.4 Å². The Kier molecular flexibility index (Phi) is 5.69. The summed E-state index contributed by atoms with van der Waals surface area (Å²) in [6.45, 7) is 2.06. The van der Waals surface area contributed by atoms with E-state index in [1.54, 1.807) is 12.1 Å². The van der Waals surface area contributed by atoms with Crippen molar-refractivity contribution >= 4 is 23.2 Å². The van der Waals surface area contributed by atoms with Crippen LogP contribution >= 0.6 is 0 Å². The first-order chi connectivity index (χ1) is 14.6. The van der Waals surface area contributed by atoms with E-state index in [0.717, 1.165) is 37.2 Å². The maximum Gasteiger partial charge on any atom is 0.295 e. The predicted molar refractivity (Wildman–Crippen MR) is 112 cm³/mol. The molecule has 1 aromatic heterocycles. The molecule has 0 saturated carbocycles. The third-order valence-corrected chi connectivity index (χ3v) is 5.14. The van der Waals surface area contributed by atoms with Crippen LogP contribution in [0.3, 0.4) is 0 Å². The van der Waals surface area contributed by atoms with Gasteiger partial charge < -0.3 is 16.0 Å². The maximum absolute atomic E-state index is 12.9. The molecule has 2 aromatic carbocycles. The minimum atomic E-state index is -0.588. The molecule has 1 aliphatic rings. The van der Waals surface area contributed by atoms with Crippen molar-refractivity contribution in [2.75, 3.05) is 23.3 Å². The summed E-state index contributed by atoms with van der Waals surface area (Å²) in [5, 5.41) is 14.2. The second kappa shape index (κ2) is 8.73. The van der Waals surface area contributed by atoms with Gasteiger partial charge in [-0.25, -0.2) is 4.68 Å². The van der Waals surface area contributed by atoms with Gasteiger partial charge in [-0.05, 0) is 47.4 Å². The van der Waals surface area contributed by atoms with Gasteiger partial charge in [-0.2, -0.15) is 0 Å². The monoisotopic (exact) mass is 405 g/mol. The topological polar surface area (TPSA) is 119 Å². The van der Waals surface area contributed by atoms with Crippen molar-refractivity contribution in [1.82, 2.24) is 20.2 Å². The van der Waals surface area contributed by atoms with E-state index in [2.05, 4.69) is 25.7 Å². The molecule has 0 atom stereocenters. The van der Waals surface area contributed by atoms with Crippen LogP contribution in [0.15, 0.2) is 48.5 Å². The molecular weight excluding hydrogens is 382 g/mol. The molecule has 0 radical (unpaired) electrons. The van der Waals surface area contributed by atoms with Crippen molar-refractivity contribution in [3.05, 3.63) is 65.5 Å². The van der Waals surface area contributed by atoms with Gasteiger partial charge in [-0.1, -0.05) is 36.4 Å². The smallest absolute Gasteiger partial charge is 0.295 e. The number of piperidine rings is 1. The Bertz CT molecular complexity index is 1040. The molecular formula is C21H23N7O2. The molecule has 1 saturated heterocycles. The number of rotatable bonds is 6. The molecule has 3 N–H and O–H groups in total. The van der Waals surface area contributed by atoms with E-state index < -0.39 is 11.8 Å². The van der Waals surface area contributed by atoms with Crippen LogP contribution in [-0.4, -0.2) is 45.1 Å². The number of nitrogens with two attached hydrogens (primary N) is 1. The van der Waals surface area contributed by atoms with Gasteiger partial charge in [0.05, 0.1) is 23.5 Å². The molecule has 154 valence electrons. The second-order valence-electron chi connectivity index (χ2n) is 7.21. The molecule has 0 bridgehead atoms. The summed E-state index contributed by atoms with van der Waals surface area (Å²) in [6.07, 6.45) is 3.29. The van der Waals surface area contributed by atoms with Crippen molar-refractivity contribution in [1.29, 1.82) is 0 Å². The molecule has 1 fully saturated rings. The molecule has 3 aromatic rings. The van der Waals surface area contributed by atoms with Crippen molar-refractivity contribution in [2.24, 2.45) is 5.73 Å². The quantitative estimate of drug-likeness (QED) is 0.648. The standard InChI is InChI=1S/C21H23N7O2/c22-19(29)18-16(10-7-11-17(18)27-12-5-2-6-13-27)23-21(30)20-24-25-26-28(20)14-15-8-3-1-4-9-15/h1,3-4,7-11H,2,5-6,12-14H2,(H2,22,29)(H,23,30). The number of amides is 2. The first-order valence-electron chi connectivity index (χ1n) is 9.92. The first-order valence-corrected chi connectivity index (χ1v) is 9.92. The Labute approximate surface area is 173 Å². The third-order valence-electron chi connectivity index (χ3n) is 5.14. The number of carbonyl (C=O) groups is 2. The molecule has 9 heteroatoms. The van der Waals surface area contributed by atoms with E-state index in [4.69, 9.17) is 5.73 Å². The van der Waals surface area contributed by atoms with Crippen LogP contribution in [0.25, 0.3) is 0 Å². The van der Waals surface area contributed by atoms with Crippen LogP contribution in [0.5, 0.6) is 0 Å². The Balaban J connectivity index is 1.60. The van der Waals surface area contributed by atoms with Crippen molar-refractivity contribution in [2.45, 2.75) is 25.8 Å². The molecule has 30 heavy (non-hydrogen) atoms. The minimum absolute atomic E-state index is 0.0534. The van der Waals surface area contributed by atoms with Gasteiger partial charge in [0.2, 0.25) is 5.82 Å².